The zero-order valence-corrected chi connectivity index (χ0v) is 17.5. The number of hydrogen-bond donors (Lipinski definition) is 2. The van der Waals surface area contributed by atoms with Gasteiger partial charge in [0, 0.05) is 18.8 Å². The van der Waals surface area contributed by atoms with E-state index in [0.29, 0.717) is 6.54 Å². The van der Waals surface area contributed by atoms with Gasteiger partial charge in [-0.2, -0.15) is 0 Å². The SMILES string of the molecule is CCNC(=NCC(O)c1cccc(OC)c1)N1CCc2ccccc21.I. The molecular formula is C20H26IN3O2. The molecule has 0 aromatic heterocycles. The van der Waals surface area contributed by atoms with E-state index in [2.05, 4.69) is 40.3 Å². The number of guanidine groups is 1. The van der Waals surface area contributed by atoms with Gasteiger partial charge in [0.25, 0.3) is 0 Å². The Kier molecular flexibility index (Phi) is 7.71. The number of benzene rings is 2. The van der Waals surface area contributed by atoms with Crippen LogP contribution in [0.15, 0.2) is 53.5 Å². The fourth-order valence-corrected chi connectivity index (χ4v) is 3.08. The molecule has 3 rings (SSSR count). The molecule has 0 amide bonds. The second-order valence-electron chi connectivity index (χ2n) is 6.02. The highest BCUT2D eigenvalue weighted by molar-refractivity contribution is 14.0. The number of aliphatic hydroxyl groups is 1. The van der Waals surface area contributed by atoms with E-state index in [9.17, 15) is 5.11 Å². The predicted molar refractivity (Wildman–Crippen MR) is 117 cm³/mol. The normalized spacial score (nSPS) is 14.4. The summed E-state index contributed by atoms with van der Waals surface area (Å²) in [5.74, 6) is 1.55. The lowest BCUT2D eigenvalue weighted by atomic mass is 10.1. The smallest absolute Gasteiger partial charge is 0.198 e. The highest BCUT2D eigenvalue weighted by Crippen LogP contribution is 2.27. The zero-order valence-electron chi connectivity index (χ0n) is 15.2. The summed E-state index contributed by atoms with van der Waals surface area (Å²) in [6.07, 6.45) is 0.348. The molecule has 1 aliphatic heterocycles. The van der Waals surface area contributed by atoms with Crippen LogP contribution in [0.1, 0.15) is 24.2 Å². The van der Waals surface area contributed by atoms with E-state index in [1.165, 1.54) is 11.3 Å². The van der Waals surface area contributed by atoms with Crippen molar-refractivity contribution in [1.29, 1.82) is 0 Å². The quantitative estimate of drug-likeness (QED) is 0.402. The molecule has 1 aliphatic rings. The van der Waals surface area contributed by atoms with Crippen LogP contribution in [0.4, 0.5) is 5.69 Å². The Balaban J connectivity index is 0.00000243. The van der Waals surface area contributed by atoms with Crippen molar-refractivity contribution in [2.24, 2.45) is 4.99 Å². The number of nitrogens with one attached hydrogen (secondary N) is 1. The molecule has 2 N–H and O–H groups in total. The molecule has 0 saturated heterocycles. The molecule has 0 aliphatic carbocycles. The predicted octanol–water partition coefficient (Wildman–Crippen LogP) is 3.37. The summed E-state index contributed by atoms with van der Waals surface area (Å²) in [6.45, 7) is 4.04. The van der Waals surface area contributed by atoms with Gasteiger partial charge in [-0.25, -0.2) is 4.99 Å². The van der Waals surface area contributed by atoms with E-state index in [1.54, 1.807) is 7.11 Å². The lowest BCUT2D eigenvalue weighted by Crippen LogP contribution is -2.40. The van der Waals surface area contributed by atoms with E-state index in [4.69, 9.17) is 4.74 Å². The van der Waals surface area contributed by atoms with Crippen molar-refractivity contribution in [3.63, 3.8) is 0 Å². The number of rotatable bonds is 5. The first-order chi connectivity index (χ1) is 12.2. The first kappa shape index (κ1) is 20.5. The first-order valence-corrected chi connectivity index (χ1v) is 8.68. The van der Waals surface area contributed by atoms with Crippen molar-refractivity contribution in [1.82, 2.24) is 5.32 Å². The average Bonchev–Trinajstić information content (AvgIpc) is 3.09. The van der Waals surface area contributed by atoms with E-state index in [-0.39, 0.29) is 24.0 Å². The molecule has 0 bridgehead atoms. The van der Waals surface area contributed by atoms with Gasteiger partial charge >= 0.3 is 0 Å². The molecule has 2 aromatic rings. The number of anilines is 1. The Morgan fingerprint density at radius 2 is 2.08 bits per heavy atom. The van der Waals surface area contributed by atoms with Crippen LogP contribution in [-0.4, -0.2) is 37.8 Å². The molecule has 5 nitrogen and oxygen atoms in total. The Labute approximate surface area is 172 Å². The zero-order chi connectivity index (χ0) is 17.6. The molecule has 140 valence electrons. The summed E-state index contributed by atoms with van der Waals surface area (Å²) < 4.78 is 5.22. The third-order valence-corrected chi connectivity index (χ3v) is 4.37. The molecule has 26 heavy (non-hydrogen) atoms. The molecular weight excluding hydrogens is 441 g/mol. The Hall–Kier alpha value is -1.80. The average molecular weight is 467 g/mol. The van der Waals surface area contributed by atoms with Crippen LogP contribution in [0.25, 0.3) is 0 Å². The molecule has 0 saturated carbocycles. The van der Waals surface area contributed by atoms with Gasteiger partial charge in [0.2, 0.25) is 0 Å². The number of aliphatic imine (C=N–C) groups is 1. The van der Waals surface area contributed by atoms with Crippen molar-refractivity contribution in [3.05, 3.63) is 59.7 Å². The number of aliphatic hydroxyl groups excluding tert-OH is 1. The van der Waals surface area contributed by atoms with Crippen molar-refractivity contribution in [3.8, 4) is 5.75 Å². The minimum Gasteiger partial charge on any atom is -0.497 e. The molecule has 1 heterocycles. The Bertz CT molecular complexity index is 751. The number of halogens is 1. The van der Waals surface area contributed by atoms with Crippen LogP contribution in [0.5, 0.6) is 5.75 Å². The highest BCUT2D eigenvalue weighted by Gasteiger charge is 2.22. The van der Waals surface area contributed by atoms with Gasteiger partial charge in [0.15, 0.2) is 5.96 Å². The molecule has 1 unspecified atom stereocenters. The van der Waals surface area contributed by atoms with Crippen molar-refractivity contribution < 1.29 is 9.84 Å². The Morgan fingerprint density at radius 1 is 1.27 bits per heavy atom. The molecule has 0 radical (unpaired) electrons. The molecule has 0 fully saturated rings. The number of nitrogens with zero attached hydrogens (tertiary/aromatic N) is 2. The highest BCUT2D eigenvalue weighted by atomic mass is 127. The summed E-state index contributed by atoms with van der Waals surface area (Å²) in [7, 11) is 1.62. The summed E-state index contributed by atoms with van der Waals surface area (Å²) in [4.78, 5) is 6.86. The van der Waals surface area contributed by atoms with E-state index in [1.807, 2.05) is 30.3 Å². The maximum absolute atomic E-state index is 10.5. The largest absolute Gasteiger partial charge is 0.497 e. The van der Waals surface area contributed by atoms with Crippen LogP contribution in [0.3, 0.4) is 0 Å². The second kappa shape index (κ2) is 9.78. The summed E-state index contributed by atoms with van der Waals surface area (Å²) in [5, 5.41) is 13.8. The van der Waals surface area contributed by atoms with E-state index in [0.717, 1.165) is 36.8 Å². The lowest BCUT2D eigenvalue weighted by Gasteiger charge is -2.23. The van der Waals surface area contributed by atoms with Crippen molar-refractivity contribution in [2.75, 3.05) is 31.6 Å². The molecule has 6 heteroatoms. The summed E-state index contributed by atoms with van der Waals surface area (Å²) in [6, 6.07) is 15.9. The molecule has 0 spiro atoms. The van der Waals surface area contributed by atoms with Crippen LogP contribution in [0, 0.1) is 0 Å². The lowest BCUT2D eigenvalue weighted by molar-refractivity contribution is 0.186. The number of ether oxygens (including phenoxy) is 1. The van der Waals surface area contributed by atoms with Crippen LogP contribution < -0.4 is 15.0 Å². The van der Waals surface area contributed by atoms with Crippen LogP contribution in [0.2, 0.25) is 0 Å². The minimum absolute atomic E-state index is 0. The van der Waals surface area contributed by atoms with Crippen LogP contribution >= 0.6 is 24.0 Å². The molecule has 1 atom stereocenters. The first-order valence-electron chi connectivity index (χ1n) is 8.68. The van der Waals surface area contributed by atoms with Gasteiger partial charge in [-0.1, -0.05) is 30.3 Å². The number of hydrogen-bond acceptors (Lipinski definition) is 3. The topological polar surface area (TPSA) is 57.1 Å². The third kappa shape index (κ3) is 4.67. The number of para-hydroxylation sites is 1. The van der Waals surface area contributed by atoms with Crippen molar-refractivity contribution in [2.45, 2.75) is 19.4 Å². The maximum atomic E-state index is 10.5. The van der Waals surface area contributed by atoms with Crippen LogP contribution in [-0.2, 0) is 6.42 Å². The fourth-order valence-electron chi connectivity index (χ4n) is 3.08. The van der Waals surface area contributed by atoms with Crippen molar-refractivity contribution >= 4 is 35.6 Å². The van der Waals surface area contributed by atoms with Gasteiger partial charge in [-0.05, 0) is 42.7 Å². The minimum atomic E-state index is -0.665. The van der Waals surface area contributed by atoms with Gasteiger partial charge in [0.05, 0.1) is 19.8 Å². The van der Waals surface area contributed by atoms with Gasteiger partial charge in [-0.15, -0.1) is 24.0 Å². The monoisotopic (exact) mass is 467 g/mol. The summed E-state index contributed by atoms with van der Waals surface area (Å²) in [5.41, 5.74) is 3.33. The van der Waals surface area contributed by atoms with Gasteiger partial charge in [-0.3, -0.25) is 0 Å². The standard InChI is InChI=1S/C20H25N3O2.HI/c1-3-21-20(23-12-11-15-7-4-5-10-18(15)23)22-14-19(24)16-8-6-9-17(13-16)25-2;/h4-10,13,19,24H,3,11-12,14H2,1-2H3,(H,21,22);1H. The fraction of sp³-hybridized carbons (Fsp3) is 0.350. The molecule has 2 aromatic carbocycles. The van der Waals surface area contributed by atoms with Gasteiger partial charge < -0.3 is 20.1 Å². The summed E-state index contributed by atoms with van der Waals surface area (Å²) >= 11 is 0. The maximum Gasteiger partial charge on any atom is 0.198 e. The van der Waals surface area contributed by atoms with E-state index >= 15 is 0 Å². The van der Waals surface area contributed by atoms with Gasteiger partial charge in [0.1, 0.15) is 5.75 Å². The van der Waals surface area contributed by atoms with E-state index < -0.39 is 6.10 Å². The number of fused-ring (bicyclic) bond motifs is 1. The number of methoxy groups -OCH3 is 1. The Morgan fingerprint density at radius 3 is 2.85 bits per heavy atom. The third-order valence-electron chi connectivity index (χ3n) is 4.37. The second-order valence-corrected chi connectivity index (χ2v) is 6.02.